The van der Waals surface area contributed by atoms with Gasteiger partial charge in [0.25, 0.3) is 5.91 Å². The molecule has 1 aromatic rings. The van der Waals surface area contributed by atoms with Crippen LogP contribution < -0.4 is 10.6 Å². The van der Waals surface area contributed by atoms with E-state index in [-0.39, 0.29) is 24.1 Å². The molecular formula is C15H18N2O4S. The summed E-state index contributed by atoms with van der Waals surface area (Å²) in [5, 5.41) is 4.74. The summed E-state index contributed by atoms with van der Waals surface area (Å²) in [5.74, 6) is -0.460. The molecule has 1 aliphatic rings. The highest BCUT2D eigenvalue weighted by atomic mass is 32.2. The monoisotopic (exact) mass is 322 g/mol. The van der Waals surface area contributed by atoms with Gasteiger partial charge in [-0.25, -0.2) is 8.42 Å². The average Bonchev–Trinajstić information content (AvgIpc) is 2.84. The quantitative estimate of drug-likeness (QED) is 0.795. The number of anilines is 1. The van der Waals surface area contributed by atoms with Gasteiger partial charge in [-0.1, -0.05) is 6.58 Å². The highest BCUT2D eigenvalue weighted by molar-refractivity contribution is 7.92. The first-order valence-corrected chi connectivity index (χ1v) is 8.67. The molecule has 2 amide bonds. The van der Waals surface area contributed by atoms with Crippen LogP contribution in [0.5, 0.6) is 0 Å². The summed E-state index contributed by atoms with van der Waals surface area (Å²) in [6.45, 7) is 3.49. The number of nitrogens with one attached hydrogen (secondary N) is 2. The third-order valence-electron chi connectivity index (χ3n) is 3.55. The highest BCUT2D eigenvalue weighted by Gasteiger charge is 2.31. The lowest BCUT2D eigenvalue weighted by Gasteiger charge is -2.11. The van der Waals surface area contributed by atoms with Crippen molar-refractivity contribution in [1.29, 1.82) is 0 Å². The van der Waals surface area contributed by atoms with Crippen LogP contribution in [0.2, 0.25) is 0 Å². The fourth-order valence-electron chi connectivity index (χ4n) is 2.29. The van der Waals surface area contributed by atoms with Crippen LogP contribution in [0.1, 0.15) is 23.2 Å². The zero-order valence-corrected chi connectivity index (χ0v) is 12.9. The van der Waals surface area contributed by atoms with Gasteiger partial charge in [-0.2, -0.15) is 0 Å². The highest BCUT2D eigenvalue weighted by Crippen LogP contribution is 2.19. The van der Waals surface area contributed by atoms with Crippen molar-refractivity contribution >= 4 is 27.3 Å². The number of rotatable bonds is 5. The summed E-state index contributed by atoms with van der Waals surface area (Å²) in [6.07, 6.45) is 2.40. The molecule has 7 heteroatoms. The smallest absolute Gasteiger partial charge is 0.251 e. The van der Waals surface area contributed by atoms with Gasteiger partial charge in [0.15, 0.2) is 9.84 Å². The summed E-state index contributed by atoms with van der Waals surface area (Å²) in [5.41, 5.74) is 0.965. The molecule has 1 heterocycles. The molecule has 22 heavy (non-hydrogen) atoms. The molecule has 0 bridgehead atoms. The Morgan fingerprint density at radius 3 is 2.50 bits per heavy atom. The number of amides is 2. The van der Waals surface area contributed by atoms with Crippen molar-refractivity contribution in [1.82, 2.24) is 5.32 Å². The number of hydrogen-bond donors (Lipinski definition) is 2. The molecule has 0 aliphatic carbocycles. The number of carbonyl (C=O) groups excluding carboxylic acids is 2. The third-order valence-corrected chi connectivity index (χ3v) is 5.83. The fraction of sp³-hybridized carbons (Fsp3) is 0.333. The van der Waals surface area contributed by atoms with Crippen LogP contribution in [0.3, 0.4) is 0 Å². The fourth-order valence-corrected chi connectivity index (χ4v) is 4.06. The molecule has 1 aromatic carbocycles. The summed E-state index contributed by atoms with van der Waals surface area (Å²) in [6, 6.07) is 6.33. The molecule has 1 aliphatic heterocycles. The first-order valence-electron chi connectivity index (χ1n) is 6.95. The summed E-state index contributed by atoms with van der Waals surface area (Å²) in [4.78, 5) is 23.1. The van der Waals surface area contributed by atoms with E-state index < -0.39 is 15.1 Å². The van der Waals surface area contributed by atoms with Gasteiger partial charge in [0.2, 0.25) is 5.91 Å². The lowest BCUT2D eigenvalue weighted by atomic mass is 10.2. The Hall–Kier alpha value is -2.15. The van der Waals surface area contributed by atoms with Crippen molar-refractivity contribution in [2.24, 2.45) is 0 Å². The minimum atomic E-state index is -3.06. The number of sulfone groups is 1. The van der Waals surface area contributed by atoms with Crippen LogP contribution in [-0.2, 0) is 14.6 Å². The molecule has 6 nitrogen and oxygen atoms in total. The average molecular weight is 322 g/mol. The topological polar surface area (TPSA) is 92.3 Å². The first kappa shape index (κ1) is 16.2. The minimum absolute atomic E-state index is 0.135. The summed E-state index contributed by atoms with van der Waals surface area (Å²) in [7, 11) is -3.06. The number of benzene rings is 1. The number of hydrogen-bond acceptors (Lipinski definition) is 4. The van der Waals surface area contributed by atoms with E-state index in [0.717, 1.165) is 6.08 Å². The van der Waals surface area contributed by atoms with Gasteiger partial charge in [-0.15, -0.1) is 0 Å². The normalized spacial score (nSPS) is 19.4. The van der Waals surface area contributed by atoms with Crippen molar-refractivity contribution in [3.8, 4) is 0 Å². The maximum atomic E-state index is 12.0. The molecule has 0 spiro atoms. The van der Waals surface area contributed by atoms with Crippen LogP contribution in [0, 0.1) is 0 Å². The lowest BCUT2D eigenvalue weighted by Crippen LogP contribution is -2.34. The van der Waals surface area contributed by atoms with E-state index in [0.29, 0.717) is 24.1 Å². The van der Waals surface area contributed by atoms with Crippen molar-refractivity contribution in [3.05, 3.63) is 42.5 Å². The van der Waals surface area contributed by atoms with Crippen LogP contribution in [0.15, 0.2) is 36.9 Å². The Bertz CT molecular complexity index is 680. The zero-order chi connectivity index (χ0) is 16.2. The zero-order valence-electron chi connectivity index (χ0n) is 12.0. The van der Waals surface area contributed by atoms with Crippen molar-refractivity contribution < 1.29 is 18.0 Å². The molecule has 2 rings (SSSR count). The van der Waals surface area contributed by atoms with E-state index in [9.17, 15) is 18.0 Å². The van der Waals surface area contributed by atoms with Gasteiger partial charge in [-0.05, 0) is 43.2 Å². The lowest BCUT2D eigenvalue weighted by molar-refractivity contribution is -0.111. The molecule has 1 fully saturated rings. The Morgan fingerprint density at radius 1 is 1.27 bits per heavy atom. The van der Waals surface area contributed by atoms with E-state index >= 15 is 0 Å². The molecule has 0 saturated carbocycles. The van der Waals surface area contributed by atoms with Crippen LogP contribution in [-0.4, -0.2) is 37.8 Å². The second-order valence-corrected chi connectivity index (χ2v) is 7.51. The second kappa shape index (κ2) is 6.74. The SMILES string of the molecule is C=CC(=O)Nc1ccc(C(=O)NCC2CCCS2(=O)=O)cc1. The Kier molecular flexibility index (Phi) is 4.97. The molecule has 1 unspecified atom stereocenters. The van der Waals surface area contributed by atoms with E-state index in [1.54, 1.807) is 24.3 Å². The standard InChI is InChI=1S/C15H18N2O4S/c1-2-14(18)17-12-7-5-11(6-8-12)15(19)16-10-13-4-3-9-22(13,20)21/h2,5-8,13H,1,3-4,9-10H2,(H,16,19)(H,17,18). The first-order chi connectivity index (χ1) is 10.4. The largest absolute Gasteiger partial charge is 0.351 e. The maximum Gasteiger partial charge on any atom is 0.251 e. The molecule has 1 saturated heterocycles. The van der Waals surface area contributed by atoms with E-state index in [4.69, 9.17) is 0 Å². The molecular weight excluding hydrogens is 304 g/mol. The Morgan fingerprint density at radius 2 is 1.95 bits per heavy atom. The van der Waals surface area contributed by atoms with E-state index in [1.165, 1.54) is 0 Å². The minimum Gasteiger partial charge on any atom is -0.351 e. The van der Waals surface area contributed by atoms with Gasteiger partial charge in [0, 0.05) is 17.8 Å². The van der Waals surface area contributed by atoms with Gasteiger partial charge in [0.05, 0.1) is 11.0 Å². The van der Waals surface area contributed by atoms with E-state index in [2.05, 4.69) is 17.2 Å². The van der Waals surface area contributed by atoms with Gasteiger partial charge >= 0.3 is 0 Å². The Balaban J connectivity index is 1.92. The molecule has 0 aromatic heterocycles. The molecule has 118 valence electrons. The summed E-state index contributed by atoms with van der Waals surface area (Å²) >= 11 is 0. The molecule has 2 N–H and O–H groups in total. The Labute approximate surface area is 129 Å². The number of carbonyl (C=O) groups is 2. The molecule has 1 atom stereocenters. The van der Waals surface area contributed by atoms with Crippen LogP contribution >= 0.6 is 0 Å². The van der Waals surface area contributed by atoms with Crippen LogP contribution in [0.25, 0.3) is 0 Å². The van der Waals surface area contributed by atoms with E-state index in [1.807, 2.05) is 0 Å². The predicted molar refractivity (Wildman–Crippen MR) is 84.4 cm³/mol. The van der Waals surface area contributed by atoms with Gasteiger partial charge < -0.3 is 10.6 Å². The van der Waals surface area contributed by atoms with Crippen molar-refractivity contribution in [3.63, 3.8) is 0 Å². The van der Waals surface area contributed by atoms with Crippen LogP contribution in [0.4, 0.5) is 5.69 Å². The second-order valence-electron chi connectivity index (χ2n) is 5.11. The van der Waals surface area contributed by atoms with Crippen molar-refractivity contribution in [2.45, 2.75) is 18.1 Å². The van der Waals surface area contributed by atoms with Gasteiger partial charge in [-0.3, -0.25) is 9.59 Å². The third kappa shape index (κ3) is 3.94. The molecule has 0 radical (unpaired) electrons. The predicted octanol–water partition coefficient (Wildman–Crippen LogP) is 1.12. The van der Waals surface area contributed by atoms with Gasteiger partial charge in [0.1, 0.15) is 0 Å². The van der Waals surface area contributed by atoms with Crippen molar-refractivity contribution in [2.75, 3.05) is 17.6 Å². The maximum absolute atomic E-state index is 12.0. The summed E-state index contributed by atoms with van der Waals surface area (Å²) < 4.78 is 23.4.